The van der Waals surface area contributed by atoms with Gasteiger partial charge < -0.3 is 15.4 Å². The highest BCUT2D eigenvalue weighted by molar-refractivity contribution is 5.99. The van der Waals surface area contributed by atoms with Crippen molar-refractivity contribution in [3.8, 4) is 5.88 Å². The van der Waals surface area contributed by atoms with E-state index in [9.17, 15) is 9.59 Å². The summed E-state index contributed by atoms with van der Waals surface area (Å²) in [5, 5.41) is 5.45. The maximum absolute atomic E-state index is 12.3. The van der Waals surface area contributed by atoms with Gasteiger partial charge in [-0.3, -0.25) is 9.59 Å². The standard InChI is InChI=1S/C18H21N3O3/c1-12-9-10-15(18(20-12)24-3)17(23)21-13(2)16(22)19-11-14-7-5-4-6-8-14/h4-10,13H,11H2,1-3H3,(H,19,22)(H,21,23)/t13-/m1/s1. The SMILES string of the molecule is COc1nc(C)ccc1C(=O)N[C@H](C)C(=O)NCc1ccccc1. The molecular weight excluding hydrogens is 306 g/mol. The molecule has 0 aliphatic heterocycles. The predicted molar refractivity (Wildman–Crippen MR) is 90.7 cm³/mol. The number of carbonyl (C=O) groups excluding carboxylic acids is 2. The second-order valence-electron chi connectivity index (χ2n) is 5.41. The number of benzene rings is 1. The monoisotopic (exact) mass is 327 g/mol. The van der Waals surface area contributed by atoms with Gasteiger partial charge in [-0.05, 0) is 31.5 Å². The van der Waals surface area contributed by atoms with E-state index in [1.165, 1.54) is 7.11 Å². The molecule has 0 fully saturated rings. The lowest BCUT2D eigenvalue weighted by Crippen LogP contribution is -2.44. The predicted octanol–water partition coefficient (Wildman–Crippen LogP) is 1.83. The summed E-state index contributed by atoms with van der Waals surface area (Å²) >= 11 is 0. The first kappa shape index (κ1) is 17.5. The van der Waals surface area contributed by atoms with E-state index in [1.807, 2.05) is 37.3 Å². The molecule has 1 atom stereocenters. The van der Waals surface area contributed by atoms with Crippen molar-refractivity contribution < 1.29 is 14.3 Å². The molecule has 1 aromatic carbocycles. The molecule has 2 amide bonds. The van der Waals surface area contributed by atoms with Crippen molar-refractivity contribution in [2.45, 2.75) is 26.4 Å². The second-order valence-corrected chi connectivity index (χ2v) is 5.41. The summed E-state index contributed by atoms with van der Waals surface area (Å²) in [5.41, 5.74) is 2.04. The number of hydrogen-bond donors (Lipinski definition) is 2. The van der Waals surface area contributed by atoms with Crippen molar-refractivity contribution in [1.29, 1.82) is 0 Å². The number of rotatable bonds is 6. The molecule has 1 aromatic heterocycles. The molecule has 0 radical (unpaired) electrons. The molecular formula is C18H21N3O3. The molecule has 6 nitrogen and oxygen atoms in total. The van der Waals surface area contributed by atoms with Gasteiger partial charge in [0.2, 0.25) is 11.8 Å². The van der Waals surface area contributed by atoms with E-state index in [-0.39, 0.29) is 11.8 Å². The third-order valence-corrected chi connectivity index (χ3v) is 3.49. The normalized spacial score (nSPS) is 11.5. The van der Waals surface area contributed by atoms with Crippen LogP contribution in [0.15, 0.2) is 42.5 Å². The van der Waals surface area contributed by atoms with Crippen LogP contribution in [0, 0.1) is 6.92 Å². The Balaban J connectivity index is 1.94. The Morgan fingerprint density at radius 3 is 2.54 bits per heavy atom. The summed E-state index contributed by atoms with van der Waals surface area (Å²) in [5.74, 6) is -0.419. The maximum atomic E-state index is 12.3. The van der Waals surface area contributed by atoms with Gasteiger partial charge in [0.05, 0.1) is 7.11 Å². The van der Waals surface area contributed by atoms with Crippen LogP contribution in [0.4, 0.5) is 0 Å². The van der Waals surface area contributed by atoms with Crippen LogP contribution in [-0.2, 0) is 11.3 Å². The number of hydrogen-bond acceptors (Lipinski definition) is 4. The summed E-state index contributed by atoms with van der Waals surface area (Å²) in [6.45, 7) is 3.85. The molecule has 6 heteroatoms. The maximum Gasteiger partial charge on any atom is 0.257 e. The van der Waals surface area contributed by atoms with Crippen molar-refractivity contribution >= 4 is 11.8 Å². The third-order valence-electron chi connectivity index (χ3n) is 3.49. The van der Waals surface area contributed by atoms with Crippen molar-refractivity contribution in [3.05, 3.63) is 59.3 Å². The fourth-order valence-electron chi connectivity index (χ4n) is 2.14. The minimum absolute atomic E-state index is 0.240. The van der Waals surface area contributed by atoms with E-state index in [4.69, 9.17) is 4.74 Å². The van der Waals surface area contributed by atoms with Gasteiger partial charge in [-0.25, -0.2) is 4.98 Å². The quantitative estimate of drug-likeness (QED) is 0.848. The molecule has 1 heterocycles. The van der Waals surface area contributed by atoms with Crippen LogP contribution in [0.1, 0.15) is 28.5 Å². The largest absolute Gasteiger partial charge is 0.480 e. The van der Waals surface area contributed by atoms with Crippen molar-refractivity contribution in [2.24, 2.45) is 0 Å². The fraction of sp³-hybridized carbons (Fsp3) is 0.278. The molecule has 0 unspecified atom stereocenters. The van der Waals surface area contributed by atoms with Crippen LogP contribution in [-0.4, -0.2) is 29.9 Å². The molecule has 2 rings (SSSR count). The van der Waals surface area contributed by atoms with Crippen molar-refractivity contribution in [2.75, 3.05) is 7.11 Å². The molecule has 2 N–H and O–H groups in total. The van der Waals surface area contributed by atoms with Crippen LogP contribution < -0.4 is 15.4 Å². The van der Waals surface area contributed by atoms with Gasteiger partial charge in [-0.15, -0.1) is 0 Å². The average molecular weight is 327 g/mol. The zero-order valence-corrected chi connectivity index (χ0v) is 14.0. The number of aryl methyl sites for hydroxylation is 1. The van der Waals surface area contributed by atoms with Gasteiger partial charge in [0.1, 0.15) is 11.6 Å². The number of pyridine rings is 1. The summed E-state index contributed by atoms with van der Waals surface area (Å²) < 4.78 is 5.12. The smallest absolute Gasteiger partial charge is 0.257 e. The highest BCUT2D eigenvalue weighted by atomic mass is 16.5. The first-order valence-corrected chi connectivity index (χ1v) is 7.65. The molecule has 126 valence electrons. The molecule has 24 heavy (non-hydrogen) atoms. The Hall–Kier alpha value is -2.89. The highest BCUT2D eigenvalue weighted by Gasteiger charge is 2.19. The second kappa shape index (κ2) is 8.10. The van der Waals surface area contributed by atoms with Crippen molar-refractivity contribution in [3.63, 3.8) is 0 Å². The van der Waals surface area contributed by atoms with E-state index in [2.05, 4.69) is 15.6 Å². The van der Waals surface area contributed by atoms with Crippen LogP contribution >= 0.6 is 0 Å². The van der Waals surface area contributed by atoms with Gasteiger partial charge in [0.15, 0.2) is 0 Å². The number of aromatic nitrogens is 1. The Morgan fingerprint density at radius 2 is 1.88 bits per heavy atom. The van der Waals surface area contributed by atoms with Crippen LogP contribution in [0.5, 0.6) is 5.88 Å². The summed E-state index contributed by atoms with van der Waals surface area (Å²) in [7, 11) is 1.45. The average Bonchev–Trinajstić information content (AvgIpc) is 2.60. The molecule has 0 saturated carbocycles. The van der Waals surface area contributed by atoms with E-state index >= 15 is 0 Å². The van der Waals surface area contributed by atoms with Crippen molar-refractivity contribution in [1.82, 2.24) is 15.6 Å². The zero-order chi connectivity index (χ0) is 17.5. The van der Waals surface area contributed by atoms with E-state index in [0.29, 0.717) is 12.1 Å². The molecule has 0 aliphatic carbocycles. The highest BCUT2D eigenvalue weighted by Crippen LogP contribution is 2.15. The van der Waals surface area contributed by atoms with E-state index in [1.54, 1.807) is 19.1 Å². The Labute approximate surface area is 141 Å². The lowest BCUT2D eigenvalue weighted by molar-refractivity contribution is -0.122. The Morgan fingerprint density at radius 1 is 1.17 bits per heavy atom. The topological polar surface area (TPSA) is 80.3 Å². The molecule has 0 spiro atoms. The first-order chi connectivity index (χ1) is 11.5. The Kier molecular flexibility index (Phi) is 5.89. The number of carbonyl (C=O) groups is 2. The summed E-state index contributed by atoms with van der Waals surface area (Å²) in [6.07, 6.45) is 0. The van der Waals surface area contributed by atoms with Gasteiger partial charge in [-0.2, -0.15) is 0 Å². The summed E-state index contributed by atoms with van der Waals surface area (Å²) in [6, 6.07) is 12.2. The van der Waals surface area contributed by atoms with Crippen LogP contribution in [0.25, 0.3) is 0 Å². The number of amides is 2. The van der Waals surface area contributed by atoms with Gasteiger partial charge in [-0.1, -0.05) is 30.3 Å². The third kappa shape index (κ3) is 4.55. The lowest BCUT2D eigenvalue weighted by Gasteiger charge is -2.15. The van der Waals surface area contributed by atoms with Gasteiger partial charge in [0.25, 0.3) is 5.91 Å². The molecule has 0 saturated heterocycles. The number of nitrogens with one attached hydrogen (secondary N) is 2. The van der Waals surface area contributed by atoms with E-state index < -0.39 is 11.9 Å². The zero-order valence-electron chi connectivity index (χ0n) is 14.0. The first-order valence-electron chi connectivity index (χ1n) is 7.65. The molecule has 0 bridgehead atoms. The van der Waals surface area contributed by atoms with Gasteiger partial charge in [0, 0.05) is 12.2 Å². The molecule has 0 aliphatic rings. The van der Waals surface area contributed by atoms with Gasteiger partial charge >= 0.3 is 0 Å². The fourth-order valence-corrected chi connectivity index (χ4v) is 2.14. The summed E-state index contributed by atoms with van der Waals surface area (Å²) in [4.78, 5) is 28.6. The minimum atomic E-state index is -0.674. The number of methoxy groups -OCH3 is 1. The number of nitrogens with zero attached hydrogens (tertiary/aromatic N) is 1. The van der Waals surface area contributed by atoms with E-state index in [0.717, 1.165) is 11.3 Å². The lowest BCUT2D eigenvalue weighted by atomic mass is 10.2. The number of ether oxygens (including phenoxy) is 1. The van der Waals surface area contributed by atoms with Crippen LogP contribution in [0.3, 0.4) is 0 Å². The van der Waals surface area contributed by atoms with Crippen LogP contribution in [0.2, 0.25) is 0 Å². The Bertz CT molecular complexity index is 717. The minimum Gasteiger partial charge on any atom is -0.480 e. The molecule has 2 aromatic rings.